The van der Waals surface area contributed by atoms with Gasteiger partial charge in [0.1, 0.15) is 0 Å². The lowest BCUT2D eigenvalue weighted by Crippen LogP contribution is -2.46. The summed E-state index contributed by atoms with van der Waals surface area (Å²) in [6.07, 6.45) is 1.62. The molecule has 150 valence electrons. The van der Waals surface area contributed by atoms with Crippen LogP contribution in [-0.2, 0) is 22.6 Å². The SMILES string of the molecule is CCN(CC)Cc1cccc(CNC(=NC)N2CCC(C(=O)OC)CC2)c1. The van der Waals surface area contributed by atoms with Gasteiger partial charge in [0.05, 0.1) is 13.0 Å². The molecule has 1 N–H and O–H groups in total. The number of esters is 1. The van der Waals surface area contributed by atoms with Crippen molar-refractivity contribution >= 4 is 11.9 Å². The summed E-state index contributed by atoms with van der Waals surface area (Å²) in [4.78, 5) is 20.7. The van der Waals surface area contributed by atoms with Crippen molar-refractivity contribution in [1.82, 2.24) is 15.1 Å². The van der Waals surface area contributed by atoms with Gasteiger partial charge in [-0.3, -0.25) is 14.7 Å². The van der Waals surface area contributed by atoms with Crippen LogP contribution < -0.4 is 5.32 Å². The van der Waals surface area contributed by atoms with Gasteiger partial charge < -0.3 is 15.0 Å². The van der Waals surface area contributed by atoms with Crippen molar-refractivity contribution < 1.29 is 9.53 Å². The van der Waals surface area contributed by atoms with Gasteiger partial charge in [0.25, 0.3) is 0 Å². The minimum absolute atomic E-state index is 0.0149. The van der Waals surface area contributed by atoms with E-state index in [0.717, 1.165) is 58.1 Å². The van der Waals surface area contributed by atoms with Gasteiger partial charge in [-0.2, -0.15) is 0 Å². The van der Waals surface area contributed by atoms with Gasteiger partial charge in [0, 0.05) is 33.2 Å². The summed E-state index contributed by atoms with van der Waals surface area (Å²) in [5.74, 6) is 0.816. The zero-order valence-electron chi connectivity index (χ0n) is 17.2. The fourth-order valence-electron chi connectivity index (χ4n) is 3.55. The van der Waals surface area contributed by atoms with Crippen LogP contribution in [0.4, 0.5) is 0 Å². The molecule has 0 atom stereocenters. The molecule has 0 amide bonds. The largest absolute Gasteiger partial charge is 0.469 e. The van der Waals surface area contributed by atoms with Crippen molar-refractivity contribution in [2.45, 2.75) is 39.8 Å². The van der Waals surface area contributed by atoms with E-state index in [1.807, 2.05) is 7.05 Å². The number of hydrogen-bond donors (Lipinski definition) is 1. The highest BCUT2D eigenvalue weighted by atomic mass is 16.5. The van der Waals surface area contributed by atoms with Crippen LogP contribution in [0.15, 0.2) is 29.3 Å². The van der Waals surface area contributed by atoms with Crippen LogP contribution in [0.1, 0.15) is 37.8 Å². The Morgan fingerprint density at radius 2 is 1.93 bits per heavy atom. The number of nitrogens with zero attached hydrogens (tertiary/aromatic N) is 3. The predicted octanol–water partition coefficient (Wildman–Crippen LogP) is 2.49. The molecule has 1 heterocycles. The van der Waals surface area contributed by atoms with Gasteiger partial charge in [0.2, 0.25) is 0 Å². The summed E-state index contributed by atoms with van der Waals surface area (Å²) in [5, 5.41) is 3.47. The van der Waals surface area contributed by atoms with Gasteiger partial charge in [-0.25, -0.2) is 0 Å². The van der Waals surface area contributed by atoms with E-state index in [0.29, 0.717) is 0 Å². The molecular weight excluding hydrogens is 340 g/mol. The summed E-state index contributed by atoms with van der Waals surface area (Å²) in [6.45, 7) is 9.89. The molecule has 0 aliphatic carbocycles. The van der Waals surface area contributed by atoms with E-state index >= 15 is 0 Å². The van der Waals surface area contributed by atoms with Crippen LogP contribution in [0.25, 0.3) is 0 Å². The number of carbonyl (C=O) groups is 1. The van der Waals surface area contributed by atoms with Gasteiger partial charge >= 0.3 is 5.97 Å². The van der Waals surface area contributed by atoms with Crippen LogP contribution in [0.5, 0.6) is 0 Å². The van der Waals surface area contributed by atoms with Crippen LogP contribution in [-0.4, -0.2) is 62.1 Å². The smallest absolute Gasteiger partial charge is 0.308 e. The Bertz CT molecular complexity index is 620. The molecule has 1 fully saturated rings. The molecule has 0 saturated carbocycles. The van der Waals surface area contributed by atoms with Crippen molar-refractivity contribution in [1.29, 1.82) is 0 Å². The number of ether oxygens (including phenoxy) is 1. The van der Waals surface area contributed by atoms with E-state index in [-0.39, 0.29) is 11.9 Å². The number of rotatable bonds is 7. The van der Waals surface area contributed by atoms with E-state index in [1.165, 1.54) is 18.2 Å². The highest BCUT2D eigenvalue weighted by Crippen LogP contribution is 2.18. The molecular formula is C21H34N4O2. The van der Waals surface area contributed by atoms with E-state index in [4.69, 9.17) is 4.74 Å². The van der Waals surface area contributed by atoms with Gasteiger partial charge in [0.15, 0.2) is 5.96 Å². The number of methoxy groups -OCH3 is 1. The Labute approximate surface area is 163 Å². The third-order valence-corrected chi connectivity index (χ3v) is 5.28. The Hall–Kier alpha value is -2.08. The molecule has 0 unspecified atom stereocenters. The fraction of sp³-hybridized carbons (Fsp3) is 0.619. The van der Waals surface area contributed by atoms with Crippen molar-refractivity contribution in [3.8, 4) is 0 Å². The normalized spacial score (nSPS) is 15.9. The second-order valence-corrected chi connectivity index (χ2v) is 6.97. The average Bonchev–Trinajstić information content (AvgIpc) is 2.72. The van der Waals surface area contributed by atoms with Crippen LogP contribution >= 0.6 is 0 Å². The maximum absolute atomic E-state index is 11.7. The number of aliphatic imine (C=N–C) groups is 1. The first kappa shape index (κ1) is 21.2. The lowest BCUT2D eigenvalue weighted by atomic mass is 9.97. The number of piperidine rings is 1. The van der Waals surface area contributed by atoms with Gasteiger partial charge in [-0.15, -0.1) is 0 Å². The van der Waals surface area contributed by atoms with E-state index < -0.39 is 0 Å². The van der Waals surface area contributed by atoms with E-state index in [1.54, 1.807) is 0 Å². The third kappa shape index (κ3) is 6.24. The van der Waals surface area contributed by atoms with Crippen LogP contribution in [0, 0.1) is 5.92 Å². The quantitative estimate of drug-likeness (QED) is 0.451. The third-order valence-electron chi connectivity index (χ3n) is 5.28. The van der Waals surface area contributed by atoms with Crippen LogP contribution in [0.3, 0.4) is 0 Å². The topological polar surface area (TPSA) is 57.2 Å². The van der Waals surface area contributed by atoms with E-state index in [9.17, 15) is 4.79 Å². The van der Waals surface area contributed by atoms with Gasteiger partial charge in [-0.1, -0.05) is 38.1 Å². The Kier molecular flexibility index (Phi) is 8.58. The standard InChI is InChI=1S/C21H34N4O2/c1-5-24(6-2)16-18-9-7-8-17(14-18)15-23-21(22-3)25-12-10-19(11-13-25)20(26)27-4/h7-9,14,19H,5-6,10-13,15-16H2,1-4H3,(H,22,23). The number of hydrogen-bond acceptors (Lipinski definition) is 4. The monoisotopic (exact) mass is 374 g/mol. The number of benzene rings is 1. The number of likely N-dealkylation sites (tertiary alicyclic amines) is 1. The molecule has 0 bridgehead atoms. The first-order chi connectivity index (χ1) is 13.1. The Balaban J connectivity index is 1.88. The molecule has 1 saturated heterocycles. The van der Waals surface area contributed by atoms with Crippen LogP contribution in [0.2, 0.25) is 0 Å². The molecule has 6 heteroatoms. The first-order valence-electron chi connectivity index (χ1n) is 9.94. The summed E-state index contributed by atoms with van der Waals surface area (Å²) in [5.41, 5.74) is 2.59. The minimum atomic E-state index is -0.0948. The highest BCUT2D eigenvalue weighted by Gasteiger charge is 2.26. The Morgan fingerprint density at radius 3 is 2.52 bits per heavy atom. The van der Waals surface area contributed by atoms with Crippen molar-refractivity contribution in [2.75, 3.05) is 40.3 Å². The molecule has 0 spiro atoms. The maximum atomic E-state index is 11.7. The molecule has 6 nitrogen and oxygen atoms in total. The van der Waals surface area contributed by atoms with Gasteiger partial charge in [-0.05, 0) is 37.1 Å². The highest BCUT2D eigenvalue weighted by molar-refractivity contribution is 5.80. The number of carbonyl (C=O) groups excluding carboxylic acids is 1. The molecule has 0 radical (unpaired) electrons. The Morgan fingerprint density at radius 1 is 1.26 bits per heavy atom. The first-order valence-corrected chi connectivity index (χ1v) is 9.94. The number of guanidine groups is 1. The summed E-state index contributed by atoms with van der Waals surface area (Å²) < 4.78 is 4.87. The predicted molar refractivity (Wildman–Crippen MR) is 110 cm³/mol. The summed E-state index contributed by atoms with van der Waals surface area (Å²) in [6, 6.07) is 8.73. The minimum Gasteiger partial charge on any atom is -0.469 e. The van der Waals surface area contributed by atoms with Crippen molar-refractivity contribution in [3.05, 3.63) is 35.4 Å². The molecule has 1 aromatic rings. The molecule has 0 aromatic heterocycles. The zero-order valence-corrected chi connectivity index (χ0v) is 17.2. The lowest BCUT2D eigenvalue weighted by Gasteiger charge is -2.33. The fourth-order valence-corrected chi connectivity index (χ4v) is 3.55. The van der Waals surface area contributed by atoms with Crippen molar-refractivity contribution in [2.24, 2.45) is 10.9 Å². The number of nitrogens with one attached hydrogen (secondary N) is 1. The summed E-state index contributed by atoms with van der Waals surface area (Å²) in [7, 11) is 3.27. The molecule has 1 aliphatic heterocycles. The molecule has 1 aromatic carbocycles. The molecule has 1 aliphatic rings. The lowest BCUT2D eigenvalue weighted by molar-refractivity contribution is -0.146. The second-order valence-electron chi connectivity index (χ2n) is 6.97. The maximum Gasteiger partial charge on any atom is 0.308 e. The molecule has 27 heavy (non-hydrogen) atoms. The van der Waals surface area contributed by atoms with E-state index in [2.05, 4.69) is 58.2 Å². The molecule has 2 rings (SSSR count). The summed E-state index contributed by atoms with van der Waals surface area (Å²) >= 11 is 0. The average molecular weight is 375 g/mol. The zero-order chi connectivity index (χ0) is 19.6. The second kappa shape index (κ2) is 10.9. The van der Waals surface area contributed by atoms with Crippen molar-refractivity contribution in [3.63, 3.8) is 0 Å².